The van der Waals surface area contributed by atoms with Gasteiger partial charge >= 0.3 is 0 Å². The Morgan fingerprint density at radius 2 is 1.72 bits per heavy atom. The largest absolute Gasteiger partial charge is 0.126 e. The molecule has 0 saturated heterocycles. The number of hydrogen-bond donors (Lipinski definition) is 0. The van der Waals surface area contributed by atoms with E-state index in [0.717, 1.165) is 6.42 Å². The van der Waals surface area contributed by atoms with Crippen LogP contribution in [0.1, 0.15) is 26.3 Å². The van der Waals surface area contributed by atoms with Crippen molar-refractivity contribution in [3.05, 3.63) is 48.0 Å². The van der Waals surface area contributed by atoms with Crippen LogP contribution in [0.25, 0.3) is 10.8 Å². The first-order chi connectivity index (χ1) is 8.57. The van der Waals surface area contributed by atoms with Crippen LogP contribution in [0.2, 0.25) is 0 Å². The molecule has 0 saturated carbocycles. The van der Waals surface area contributed by atoms with Gasteiger partial charge in [-0.1, -0.05) is 63.2 Å². The maximum Gasteiger partial charge on any atom is 0.0282 e. The van der Waals surface area contributed by atoms with Crippen LogP contribution in [-0.2, 0) is 6.42 Å². The minimum Gasteiger partial charge on any atom is -0.126 e. The molecule has 0 N–H and O–H groups in total. The zero-order chi connectivity index (χ0) is 13.2. The Labute approximate surface area is 115 Å². The Morgan fingerprint density at radius 1 is 1.06 bits per heavy atom. The third kappa shape index (κ3) is 2.54. The molecule has 0 aliphatic rings. The van der Waals surface area contributed by atoms with Gasteiger partial charge in [0.1, 0.15) is 0 Å². The Kier molecular flexibility index (Phi) is 3.97. The minimum absolute atomic E-state index is 0.158. The van der Waals surface area contributed by atoms with Crippen LogP contribution >= 0.6 is 11.6 Å². The predicted octanol–water partition coefficient (Wildman–Crippen LogP) is 5.28. The first kappa shape index (κ1) is 13.4. The molecule has 18 heavy (non-hydrogen) atoms. The van der Waals surface area contributed by atoms with E-state index >= 15 is 0 Å². The van der Waals surface area contributed by atoms with E-state index in [1.165, 1.54) is 16.3 Å². The van der Waals surface area contributed by atoms with E-state index in [4.69, 9.17) is 11.6 Å². The molecule has 2 aromatic carbocycles. The second-order valence-electron chi connectivity index (χ2n) is 5.76. The molecule has 0 amide bonds. The van der Waals surface area contributed by atoms with Crippen molar-refractivity contribution >= 4 is 22.4 Å². The molecule has 0 radical (unpaired) electrons. The summed E-state index contributed by atoms with van der Waals surface area (Å²) in [7, 11) is 0. The van der Waals surface area contributed by atoms with Gasteiger partial charge in [0, 0.05) is 5.88 Å². The van der Waals surface area contributed by atoms with Crippen LogP contribution < -0.4 is 0 Å². The molecule has 0 nitrogen and oxygen atoms in total. The lowest BCUT2D eigenvalue weighted by atomic mass is 9.75. The van der Waals surface area contributed by atoms with E-state index in [2.05, 4.69) is 63.2 Å². The molecule has 0 spiro atoms. The lowest BCUT2D eigenvalue weighted by Crippen LogP contribution is -2.28. The van der Waals surface area contributed by atoms with Crippen LogP contribution in [0.4, 0.5) is 0 Å². The summed E-state index contributed by atoms with van der Waals surface area (Å²) in [5, 5.41) is 2.67. The lowest BCUT2D eigenvalue weighted by molar-refractivity contribution is 0.254. The Hall–Kier alpha value is -1.01. The van der Waals surface area contributed by atoms with Gasteiger partial charge in [-0.2, -0.15) is 0 Å². The highest BCUT2D eigenvalue weighted by atomic mass is 35.5. The summed E-state index contributed by atoms with van der Waals surface area (Å²) in [4.78, 5) is 0. The van der Waals surface area contributed by atoms with Crippen molar-refractivity contribution in [3.8, 4) is 0 Å². The predicted molar refractivity (Wildman–Crippen MR) is 81.3 cm³/mol. The van der Waals surface area contributed by atoms with Crippen molar-refractivity contribution < 1.29 is 0 Å². The van der Waals surface area contributed by atoms with Gasteiger partial charge < -0.3 is 0 Å². The van der Waals surface area contributed by atoms with E-state index < -0.39 is 0 Å². The van der Waals surface area contributed by atoms with E-state index in [-0.39, 0.29) is 5.41 Å². The van der Waals surface area contributed by atoms with Crippen LogP contribution in [-0.4, -0.2) is 5.88 Å². The summed E-state index contributed by atoms with van der Waals surface area (Å²) in [6, 6.07) is 15.1. The first-order valence-corrected chi connectivity index (χ1v) is 7.13. The molecular weight excluding hydrogens is 240 g/mol. The van der Waals surface area contributed by atoms with Gasteiger partial charge in [-0.15, -0.1) is 11.6 Å². The third-order valence-electron chi connectivity index (χ3n) is 4.17. The van der Waals surface area contributed by atoms with Gasteiger partial charge in [-0.05, 0) is 34.1 Å². The fourth-order valence-corrected chi connectivity index (χ4v) is 2.69. The zero-order valence-corrected chi connectivity index (χ0v) is 12.2. The van der Waals surface area contributed by atoms with Crippen molar-refractivity contribution in [1.29, 1.82) is 0 Å². The molecule has 0 aliphatic heterocycles. The second kappa shape index (κ2) is 5.32. The van der Waals surface area contributed by atoms with Gasteiger partial charge in [0.05, 0.1) is 0 Å². The van der Waals surface area contributed by atoms with E-state index in [1.54, 1.807) is 0 Å². The van der Waals surface area contributed by atoms with Crippen molar-refractivity contribution in [2.45, 2.75) is 27.2 Å². The summed E-state index contributed by atoms with van der Waals surface area (Å²) in [6.45, 7) is 6.80. The molecule has 0 fully saturated rings. The maximum atomic E-state index is 6.20. The van der Waals surface area contributed by atoms with Crippen LogP contribution in [0.15, 0.2) is 42.5 Å². The Balaban J connectivity index is 2.43. The van der Waals surface area contributed by atoms with E-state index in [1.807, 2.05) is 0 Å². The summed E-state index contributed by atoms with van der Waals surface area (Å²) in [5.74, 6) is 1.28. The number of hydrogen-bond acceptors (Lipinski definition) is 0. The van der Waals surface area contributed by atoms with Gasteiger partial charge in [0.25, 0.3) is 0 Å². The lowest BCUT2D eigenvalue weighted by Gasteiger charge is -2.32. The fourth-order valence-electron chi connectivity index (χ4n) is 2.29. The minimum atomic E-state index is 0.158. The number of rotatable bonds is 4. The molecule has 1 atom stereocenters. The van der Waals surface area contributed by atoms with E-state index in [0.29, 0.717) is 11.8 Å². The average Bonchev–Trinajstić information content (AvgIpc) is 2.39. The summed E-state index contributed by atoms with van der Waals surface area (Å²) in [5.41, 5.74) is 1.57. The third-order valence-corrected chi connectivity index (χ3v) is 4.78. The molecule has 0 bridgehead atoms. The molecule has 1 unspecified atom stereocenters. The SMILES string of the molecule is CC(C)C(C)(CCl)Cc1cccc2ccccc12. The smallest absolute Gasteiger partial charge is 0.0282 e. The van der Waals surface area contributed by atoms with E-state index in [9.17, 15) is 0 Å². The summed E-state index contributed by atoms with van der Waals surface area (Å²) < 4.78 is 0. The van der Waals surface area contributed by atoms with Crippen molar-refractivity contribution in [2.24, 2.45) is 11.3 Å². The van der Waals surface area contributed by atoms with Crippen molar-refractivity contribution in [1.82, 2.24) is 0 Å². The molecule has 0 heterocycles. The average molecular weight is 261 g/mol. The van der Waals surface area contributed by atoms with Crippen LogP contribution in [0.5, 0.6) is 0 Å². The zero-order valence-electron chi connectivity index (χ0n) is 11.4. The normalized spacial score (nSPS) is 14.9. The molecular formula is C17H21Cl. The molecule has 96 valence electrons. The number of halogens is 1. The van der Waals surface area contributed by atoms with Crippen molar-refractivity contribution in [3.63, 3.8) is 0 Å². The van der Waals surface area contributed by atoms with Gasteiger partial charge in [0.15, 0.2) is 0 Å². The highest BCUT2D eigenvalue weighted by Gasteiger charge is 2.28. The molecule has 0 aliphatic carbocycles. The molecule has 2 rings (SSSR count). The standard InChI is InChI=1S/C17H21Cl/c1-13(2)17(3,12-18)11-15-9-6-8-14-7-4-5-10-16(14)15/h4-10,13H,11-12H2,1-3H3. The quantitative estimate of drug-likeness (QED) is 0.656. The maximum absolute atomic E-state index is 6.20. The van der Waals surface area contributed by atoms with Crippen LogP contribution in [0, 0.1) is 11.3 Å². The highest BCUT2D eigenvalue weighted by molar-refractivity contribution is 6.18. The summed E-state index contributed by atoms with van der Waals surface area (Å²) in [6.07, 6.45) is 1.04. The number of fused-ring (bicyclic) bond motifs is 1. The Morgan fingerprint density at radius 3 is 2.39 bits per heavy atom. The fraction of sp³-hybridized carbons (Fsp3) is 0.412. The van der Waals surface area contributed by atoms with Gasteiger partial charge in [-0.25, -0.2) is 0 Å². The number of benzene rings is 2. The highest BCUT2D eigenvalue weighted by Crippen LogP contribution is 2.34. The van der Waals surface area contributed by atoms with Crippen LogP contribution in [0.3, 0.4) is 0 Å². The van der Waals surface area contributed by atoms with Crippen molar-refractivity contribution in [2.75, 3.05) is 5.88 Å². The summed E-state index contributed by atoms with van der Waals surface area (Å²) >= 11 is 6.20. The molecule has 2 aromatic rings. The first-order valence-electron chi connectivity index (χ1n) is 6.59. The van der Waals surface area contributed by atoms with Gasteiger partial charge in [0.2, 0.25) is 0 Å². The second-order valence-corrected chi connectivity index (χ2v) is 6.02. The topological polar surface area (TPSA) is 0 Å². The monoisotopic (exact) mass is 260 g/mol. The molecule has 0 aromatic heterocycles. The molecule has 1 heteroatoms. The Bertz CT molecular complexity index is 525. The number of alkyl halides is 1. The van der Waals surface area contributed by atoms with Gasteiger partial charge in [-0.3, -0.25) is 0 Å².